The van der Waals surface area contributed by atoms with Crippen LogP contribution in [0.25, 0.3) is 22.0 Å². The van der Waals surface area contributed by atoms with Crippen LogP contribution >= 0.6 is 11.6 Å². The molecule has 3 heteroatoms. The van der Waals surface area contributed by atoms with Crippen molar-refractivity contribution in [1.29, 1.82) is 0 Å². The normalized spacial score (nSPS) is 11.0. The summed E-state index contributed by atoms with van der Waals surface area (Å²) >= 11 is 6.26. The van der Waals surface area contributed by atoms with Gasteiger partial charge in [-0.3, -0.25) is 4.98 Å². The molecule has 0 saturated carbocycles. The summed E-state index contributed by atoms with van der Waals surface area (Å²) in [5.74, 6) is 0. The smallest absolute Gasteiger partial charge is 0.0710 e. The molecule has 1 N–H and O–H groups in total. The molecule has 3 aromatic rings. The number of unbranched alkanes of at least 4 members (excludes halogenated alkanes) is 4. The Bertz CT molecular complexity index is 815. The molecule has 2 nitrogen and oxygen atoms in total. The molecule has 2 aromatic carbocycles. The Balaban J connectivity index is 1.89. The maximum Gasteiger partial charge on any atom is 0.0710 e. The molecule has 1 heterocycles. The summed E-state index contributed by atoms with van der Waals surface area (Å²) in [6.45, 7) is 3.22. The number of nitrogens with zero attached hydrogens (tertiary/aromatic N) is 1. The summed E-state index contributed by atoms with van der Waals surface area (Å²) < 4.78 is 0. The molecule has 1 aromatic heterocycles. The van der Waals surface area contributed by atoms with Crippen molar-refractivity contribution in [2.45, 2.75) is 39.0 Å². The van der Waals surface area contributed by atoms with E-state index in [9.17, 15) is 0 Å². The Labute approximate surface area is 155 Å². The van der Waals surface area contributed by atoms with Gasteiger partial charge in [0.1, 0.15) is 0 Å². The quantitative estimate of drug-likeness (QED) is 0.444. The number of hydrogen-bond acceptors (Lipinski definition) is 2. The number of halogens is 1. The molecule has 0 unspecified atom stereocenters. The van der Waals surface area contributed by atoms with Crippen molar-refractivity contribution in [2.24, 2.45) is 0 Å². The maximum atomic E-state index is 6.26. The van der Waals surface area contributed by atoms with Crippen LogP contribution in [0.5, 0.6) is 0 Å². The fourth-order valence-electron chi connectivity index (χ4n) is 3.17. The summed E-state index contributed by atoms with van der Waals surface area (Å²) in [6, 6.07) is 16.4. The van der Waals surface area contributed by atoms with Crippen molar-refractivity contribution in [3.63, 3.8) is 0 Å². The predicted molar refractivity (Wildman–Crippen MR) is 109 cm³/mol. The highest BCUT2D eigenvalue weighted by Crippen LogP contribution is 2.35. The molecule has 0 aliphatic heterocycles. The Morgan fingerprint density at radius 3 is 2.56 bits per heavy atom. The number of aromatic nitrogens is 1. The Hall–Kier alpha value is -2.06. The zero-order valence-electron chi connectivity index (χ0n) is 14.8. The number of nitrogens with one attached hydrogen (secondary N) is 1. The fraction of sp³-hybridized carbons (Fsp3) is 0.318. The van der Waals surface area contributed by atoms with E-state index in [1.807, 2.05) is 30.5 Å². The Kier molecular flexibility index (Phi) is 6.30. The third-order valence-corrected chi connectivity index (χ3v) is 4.72. The van der Waals surface area contributed by atoms with Crippen LogP contribution in [-0.4, -0.2) is 11.5 Å². The fourth-order valence-corrected chi connectivity index (χ4v) is 3.34. The van der Waals surface area contributed by atoms with Crippen LogP contribution in [0.15, 0.2) is 54.7 Å². The number of hydrogen-bond donors (Lipinski definition) is 1. The van der Waals surface area contributed by atoms with Crippen LogP contribution in [0.3, 0.4) is 0 Å². The van der Waals surface area contributed by atoms with E-state index in [1.165, 1.54) is 43.2 Å². The van der Waals surface area contributed by atoms with E-state index in [-0.39, 0.29) is 0 Å². The monoisotopic (exact) mass is 352 g/mol. The lowest BCUT2D eigenvalue weighted by molar-refractivity contribution is 0.645. The first kappa shape index (κ1) is 17.8. The first-order valence-corrected chi connectivity index (χ1v) is 9.55. The number of pyridine rings is 1. The SMILES string of the molecule is CCCCCCCNc1cnc2ccc(Cl)cc2c1-c1ccccc1. The molecule has 0 saturated heterocycles. The lowest BCUT2D eigenvalue weighted by Gasteiger charge is -2.15. The Morgan fingerprint density at radius 1 is 0.960 bits per heavy atom. The van der Waals surface area contributed by atoms with E-state index in [4.69, 9.17) is 11.6 Å². The zero-order valence-corrected chi connectivity index (χ0v) is 15.5. The minimum absolute atomic E-state index is 0.739. The third-order valence-electron chi connectivity index (χ3n) is 4.49. The van der Waals surface area contributed by atoms with Gasteiger partial charge in [-0.15, -0.1) is 0 Å². The number of fused-ring (bicyclic) bond motifs is 1. The van der Waals surface area contributed by atoms with Crippen molar-refractivity contribution < 1.29 is 0 Å². The Morgan fingerprint density at radius 2 is 1.76 bits per heavy atom. The summed E-state index contributed by atoms with van der Waals surface area (Å²) in [5.41, 5.74) is 4.42. The molecule has 0 aliphatic rings. The number of rotatable bonds is 8. The molecule has 0 amide bonds. The minimum atomic E-state index is 0.739. The largest absolute Gasteiger partial charge is 0.383 e. The van der Waals surface area contributed by atoms with Gasteiger partial charge < -0.3 is 5.32 Å². The average molecular weight is 353 g/mol. The van der Waals surface area contributed by atoms with Crippen molar-refractivity contribution in [3.8, 4) is 11.1 Å². The van der Waals surface area contributed by atoms with E-state index in [0.29, 0.717) is 0 Å². The van der Waals surface area contributed by atoms with Crippen LogP contribution in [0, 0.1) is 0 Å². The molecule has 3 rings (SSSR count). The summed E-state index contributed by atoms with van der Waals surface area (Å²) in [4.78, 5) is 4.62. The van der Waals surface area contributed by atoms with Crippen molar-refractivity contribution in [2.75, 3.05) is 11.9 Å². The van der Waals surface area contributed by atoms with Gasteiger partial charge in [0.05, 0.1) is 17.4 Å². The third kappa shape index (κ3) is 4.52. The molecule has 0 aliphatic carbocycles. The molecule has 0 atom stereocenters. The van der Waals surface area contributed by atoms with E-state index < -0.39 is 0 Å². The van der Waals surface area contributed by atoms with Gasteiger partial charge in [-0.1, -0.05) is 74.5 Å². The molecule has 25 heavy (non-hydrogen) atoms. The molecule has 0 bridgehead atoms. The van der Waals surface area contributed by atoms with Crippen LogP contribution in [0.2, 0.25) is 5.02 Å². The first-order valence-electron chi connectivity index (χ1n) is 9.17. The summed E-state index contributed by atoms with van der Waals surface area (Å²) in [5, 5.41) is 5.43. The molecular weight excluding hydrogens is 328 g/mol. The van der Waals surface area contributed by atoms with Crippen molar-refractivity contribution >= 4 is 28.2 Å². The molecule has 0 fully saturated rings. The van der Waals surface area contributed by atoms with Crippen LogP contribution < -0.4 is 5.32 Å². The van der Waals surface area contributed by atoms with Crippen LogP contribution in [0.1, 0.15) is 39.0 Å². The maximum absolute atomic E-state index is 6.26. The number of benzene rings is 2. The van der Waals surface area contributed by atoms with E-state index in [2.05, 4.69) is 41.5 Å². The molecule has 0 spiro atoms. The van der Waals surface area contributed by atoms with Gasteiger partial charge in [0.2, 0.25) is 0 Å². The highest BCUT2D eigenvalue weighted by Gasteiger charge is 2.11. The molecule has 0 radical (unpaired) electrons. The molecular formula is C22H25ClN2. The highest BCUT2D eigenvalue weighted by atomic mass is 35.5. The van der Waals surface area contributed by atoms with Crippen LogP contribution in [0.4, 0.5) is 5.69 Å². The second kappa shape index (κ2) is 8.87. The van der Waals surface area contributed by atoms with Gasteiger partial charge >= 0.3 is 0 Å². The highest BCUT2D eigenvalue weighted by molar-refractivity contribution is 6.31. The van der Waals surface area contributed by atoms with Gasteiger partial charge in [-0.05, 0) is 30.2 Å². The standard InChI is InChI=1S/C22H25ClN2/c1-2-3-4-5-9-14-24-21-16-25-20-13-12-18(23)15-19(20)22(21)17-10-7-6-8-11-17/h6-8,10-13,15-16,24H,2-5,9,14H2,1H3. The van der Waals surface area contributed by atoms with Crippen molar-refractivity contribution in [1.82, 2.24) is 4.98 Å². The van der Waals surface area contributed by atoms with E-state index in [0.717, 1.165) is 28.2 Å². The lowest BCUT2D eigenvalue weighted by atomic mass is 9.99. The minimum Gasteiger partial charge on any atom is -0.383 e. The second-order valence-electron chi connectivity index (χ2n) is 6.42. The van der Waals surface area contributed by atoms with Gasteiger partial charge in [0, 0.05) is 22.5 Å². The van der Waals surface area contributed by atoms with Crippen LogP contribution in [-0.2, 0) is 0 Å². The molecule has 130 valence electrons. The topological polar surface area (TPSA) is 24.9 Å². The summed E-state index contributed by atoms with van der Waals surface area (Å²) in [7, 11) is 0. The second-order valence-corrected chi connectivity index (χ2v) is 6.85. The first-order chi connectivity index (χ1) is 12.3. The van der Waals surface area contributed by atoms with Gasteiger partial charge in [-0.2, -0.15) is 0 Å². The predicted octanol–water partition coefficient (Wildman–Crippen LogP) is 6.94. The number of anilines is 1. The van der Waals surface area contributed by atoms with Crippen molar-refractivity contribution in [3.05, 3.63) is 59.8 Å². The summed E-state index contributed by atoms with van der Waals surface area (Å²) in [6.07, 6.45) is 8.32. The van der Waals surface area contributed by atoms with Gasteiger partial charge in [0.15, 0.2) is 0 Å². The van der Waals surface area contributed by atoms with Gasteiger partial charge in [0.25, 0.3) is 0 Å². The zero-order chi connectivity index (χ0) is 17.5. The average Bonchev–Trinajstić information content (AvgIpc) is 2.64. The lowest BCUT2D eigenvalue weighted by Crippen LogP contribution is -2.04. The van der Waals surface area contributed by atoms with Gasteiger partial charge in [-0.25, -0.2) is 0 Å². The van der Waals surface area contributed by atoms with E-state index >= 15 is 0 Å². The van der Waals surface area contributed by atoms with E-state index in [1.54, 1.807) is 0 Å².